The number of rotatable bonds is 6. The summed E-state index contributed by atoms with van der Waals surface area (Å²) < 4.78 is 0. The van der Waals surface area contributed by atoms with Gasteiger partial charge in [0.25, 0.3) is 11.6 Å². The summed E-state index contributed by atoms with van der Waals surface area (Å²) in [6.45, 7) is 4.93. The number of carboxylic acid groups (broad SMARTS) is 1. The van der Waals surface area contributed by atoms with Gasteiger partial charge in [-0.15, -0.1) is 6.58 Å². The minimum atomic E-state index is -1.17. The Hall–Kier alpha value is -2.70. The summed E-state index contributed by atoms with van der Waals surface area (Å²) in [4.78, 5) is 32.9. The molecular formula is C13H14N2O5. The average molecular weight is 278 g/mol. The number of carbonyl (C=O) groups is 2. The Morgan fingerprint density at radius 1 is 1.55 bits per heavy atom. The predicted octanol–water partition coefficient (Wildman–Crippen LogP) is 1.66. The summed E-state index contributed by atoms with van der Waals surface area (Å²) in [6.07, 6.45) is 1.48. The molecule has 0 radical (unpaired) electrons. The van der Waals surface area contributed by atoms with Crippen LogP contribution in [0.5, 0.6) is 0 Å². The molecule has 0 heterocycles. The monoisotopic (exact) mass is 278 g/mol. The molecule has 2 N–H and O–H groups in total. The number of nitrogens with one attached hydrogen (secondary N) is 1. The first kappa shape index (κ1) is 15.4. The highest BCUT2D eigenvalue weighted by Crippen LogP contribution is 2.18. The number of carboxylic acids is 1. The second-order valence-corrected chi connectivity index (χ2v) is 4.15. The van der Waals surface area contributed by atoms with E-state index >= 15 is 0 Å². The van der Waals surface area contributed by atoms with E-state index in [9.17, 15) is 19.7 Å². The first-order valence-corrected chi connectivity index (χ1v) is 5.76. The number of benzene rings is 1. The van der Waals surface area contributed by atoms with Gasteiger partial charge in [-0.2, -0.15) is 0 Å². The highest BCUT2D eigenvalue weighted by atomic mass is 16.6. The molecular weight excluding hydrogens is 264 g/mol. The van der Waals surface area contributed by atoms with E-state index in [4.69, 9.17) is 5.11 Å². The Kier molecular flexibility index (Phi) is 4.96. The molecule has 0 saturated heterocycles. The Balaban J connectivity index is 2.92. The largest absolute Gasteiger partial charge is 0.480 e. The number of aryl methyl sites for hydroxylation is 1. The van der Waals surface area contributed by atoms with Gasteiger partial charge in [0.15, 0.2) is 0 Å². The van der Waals surface area contributed by atoms with Gasteiger partial charge in [0.05, 0.1) is 4.92 Å². The summed E-state index contributed by atoms with van der Waals surface area (Å²) >= 11 is 0. The van der Waals surface area contributed by atoms with E-state index in [-0.39, 0.29) is 17.7 Å². The molecule has 7 nitrogen and oxygen atoms in total. The van der Waals surface area contributed by atoms with Crippen LogP contribution in [0.15, 0.2) is 30.9 Å². The summed E-state index contributed by atoms with van der Waals surface area (Å²) in [7, 11) is 0. The molecule has 0 aliphatic heterocycles. The van der Waals surface area contributed by atoms with Crippen LogP contribution in [-0.4, -0.2) is 27.9 Å². The molecule has 1 atom stereocenters. The van der Waals surface area contributed by atoms with Crippen molar-refractivity contribution in [3.8, 4) is 0 Å². The molecule has 0 saturated carbocycles. The van der Waals surface area contributed by atoms with E-state index in [2.05, 4.69) is 11.9 Å². The molecule has 0 spiro atoms. The predicted molar refractivity (Wildman–Crippen MR) is 71.5 cm³/mol. The van der Waals surface area contributed by atoms with E-state index in [1.165, 1.54) is 31.2 Å². The summed E-state index contributed by atoms with van der Waals surface area (Å²) in [5, 5.41) is 21.9. The first-order valence-electron chi connectivity index (χ1n) is 5.76. The van der Waals surface area contributed by atoms with Crippen molar-refractivity contribution in [2.24, 2.45) is 0 Å². The van der Waals surface area contributed by atoms with Gasteiger partial charge >= 0.3 is 5.97 Å². The highest BCUT2D eigenvalue weighted by Gasteiger charge is 2.20. The quantitative estimate of drug-likeness (QED) is 0.467. The van der Waals surface area contributed by atoms with E-state index in [0.717, 1.165) is 0 Å². The van der Waals surface area contributed by atoms with E-state index in [1.807, 2.05) is 0 Å². The number of hydrogen-bond acceptors (Lipinski definition) is 4. The maximum absolute atomic E-state index is 11.9. The number of carbonyl (C=O) groups excluding carboxylic acids is 1. The Morgan fingerprint density at radius 2 is 2.20 bits per heavy atom. The smallest absolute Gasteiger partial charge is 0.326 e. The fourth-order valence-corrected chi connectivity index (χ4v) is 1.63. The van der Waals surface area contributed by atoms with Gasteiger partial charge in [-0.25, -0.2) is 4.79 Å². The van der Waals surface area contributed by atoms with Crippen molar-refractivity contribution >= 4 is 17.6 Å². The van der Waals surface area contributed by atoms with Crippen molar-refractivity contribution in [3.05, 3.63) is 52.1 Å². The van der Waals surface area contributed by atoms with Gasteiger partial charge in [0.1, 0.15) is 6.04 Å². The van der Waals surface area contributed by atoms with Crippen molar-refractivity contribution in [3.63, 3.8) is 0 Å². The van der Waals surface area contributed by atoms with E-state index in [0.29, 0.717) is 5.56 Å². The second kappa shape index (κ2) is 6.46. The van der Waals surface area contributed by atoms with Crippen molar-refractivity contribution in [2.75, 3.05) is 0 Å². The molecule has 1 aromatic carbocycles. The normalized spacial score (nSPS) is 11.4. The van der Waals surface area contributed by atoms with E-state index in [1.54, 1.807) is 0 Å². The third-order valence-electron chi connectivity index (χ3n) is 2.66. The second-order valence-electron chi connectivity index (χ2n) is 4.15. The SMILES string of the molecule is C=CCC(NC(=O)c1ccc([N+](=O)[O-])c(C)c1)C(=O)O. The third-order valence-corrected chi connectivity index (χ3v) is 2.66. The molecule has 1 rings (SSSR count). The van der Waals surface area contributed by atoms with Gasteiger partial charge in [-0.05, 0) is 25.5 Å². The molecule has 0 bridgehead atoms. The standard InChI is InChI=1S/C13H14N2O5/c1-3-4-10(13(17)18)14-12(16)9-5-6-11(15(19)20)8(2)7-9/h3,5-7,10H,1,4H2,2H3,(H,14,16)(H,17,18). The van der Waals surface area contributed by atoms with Gasteiger partial charge < -0.3 is 10.4 Å². The van der Waals surface area contributed by atoms with Crippen LogP contribution in [0.3, 0.4) is 0 Å². The first-order chi connectivity index (χ1) is 9.36. The molecule has 1 amide bonds. The fraction of sp³-hybridized carbons (Fsp3) is 0.231. The molecule has 0 aromatic heterocycles. The minimum absolute atomic E-state index is 0.0903. The van der Waals surface area contributed by atoms with Crippen LogP contribution in [0.4, 0.5) is 5.69 Å². The van der Waals surface area contributed by atoms with Crippen molar-refractivity contribution in [2.45, 2.75) is 19.4 Å². The number of aliphatic carboxylic acids is 1. The molecule has 0 aliphatic rings. The molecule has 20 heavy (non-hydrogen) atoms. The van der Waals surface area contributed by atoms with Gasteiger partial charge in [-0.3, -0.25) is 14.9 Å². The molecule has 7 heteroatoms. The van der Waals surface area contributed by atoms with Crippen molar-refractivity contribution < 1.29 is 19.6 Å². The average Bonchev–Trinajstić information content (AvgIpc) is 2.37. The van der Waals surface area contributed by atoms with Gasteiger partial charge in [-0.1, -0.05) is 6.08 Å². The van der Waals surface area contributed by atoms with E-state index < -0.39 is 22.8 Å². The van der Waals surface area contributed by atoms with Gasteiger partial charge in [0.2, 0.25) is 0 Å². The molecule has 0 fully saturated rings. The number of amides is 1. The van der Waals surface area contributed by atoms with Crippen LogP contribution in [-0.2, 0) is 4.79 Å². The number of nitro groups is 1. The number of nitro benzene ring substituents is 1. The van der Waals surface area contributed by atoms with Crippen molar-refractivity contribution in [1.82, 2.24) is 5.32 Å². The molecule has 1 unspecified atom stereocenters. The molecule has 1 aromatic rings. The lowest BCUT2D eigenvalue weighted by Gasteiger charge is -2.12. The molecule has 0 aliphatic carbocycles. The Labute approximate surface area is 115 Å². The number of nitrogens with zero attached hydrogens (tertiary/aromatic N) is 1. The zero-order valence-electron chi connectivity index (χ0n) is 10.8. The molecule has 106 valence electrons. The lowest BCUT2D eigenvalue weighted by molar-refractivity contribution is -0.385. The lowest BCUT2D eigenvalue weighted by atomic mass is 10.1. The topological polar surface area (TPSA) is 110 Å². The zero-order chi connectivity index (χ0) is 15.3. The summed E-state index contributed by atoms with van der Waals surface area (Å²) in [5.41, 5.74) is 0.407. The Bertz CT molecular complexity index is 568. The maximum Gasteiger partial charge on any atom is 0.326 e. The number of hydrogen-bond donors (Lipinski definition) is 2. The van der Waals surface area contributed by atoms with Crippen LogP contribution < -0.4 is 5.32 Å². The van der Waals surface area contributed by atoms with Crippen LogP contribution in [0.2, 0.25) is 0 Å². The van der Waals surface area contributed by atoms with Crippen LogP contribution in [0.1, 0.15) is 22.3 Å². The summed E-state index contributed by atoms with van der Waals surface area (Å²) in [5.74, 6) is -1.77. The Morgan fingerprint density at radius 3 is 2.65 bits per heavy atom. The maximum atomic E-state index is 11.9. The van der Waals surface area contributed by atoms with Gasteiger partial charge in [0, 0.05) is 17.2 Å². The minimum Gasteiger partial charge on any atom is -0.480 e. The van der Waals surface area contributed by atoms with Crippen molar-refractivity contribution in [1.29, 1.82) is 0 Å². The van der Waals surface area contributed by atoms with Crippen LogP contribution >= 0.6 is 0 Å². The fourth-order valence-electron chi connectivity index (χ4n) is 1.63. The third kappa shape index (κ3) is 3.64. The van der Waals surface area contributed by atoms with Crippen LogP contribution in [0, 0.1) is 17.0 Å². The lowest BCUT2D eigenvalue weighted by Crippen LogP contribution is -2.40. The highest BCUT2D eigenvalue weighted by molar-refractivity contribution is 5.97. The zero-order valence-corrected chi connectivity index (χ0v) is 10.8. The summed E-state index contributed by atoms with van der Waals surface area (Å²) in [6, 6.07) is 2.77. The van der Waals surface area contributed by atoms with Crippen LogP contribution in [0.25, 0.3) is 0 Å².